The molecule has 128 valence electrons. The Morgan fingerprint density at radius 1 is 1.29 bits per heavy atom. The van der Waals surface area contributed by atoms with E-state index in [4.69, 9.17) is 11.6 Å². The van der Waals surface area contributed by atoms with Gasteiger partial charge in [-0.2, -0.15) is 0 Å². The van der Waals surface area contributed by atoms with Crippen molar-refractivity contribution in [3.05, 3.63) is 34.6 Å². The summed E-state index contributed by atoms with van der Waals surface area (Å²) < 4.78 is 13.8. The third-order valence-corrected chi connectivity index (χ3v) is 4.80. The molecule has 8 heteroatoms. The zero-order chi connectivity index (χ0) is 17.3. The van der Waals surface area contributed by atoms with Crippen molar-refractivity contribution in [3.63, 3.8) is 0 Å². The Hall–Kier alpha value is -2.15. The third kappa shape index (κ3) is 3.21. The van der Waals surface area contributed by atoms with Crippen molar-refractivity contribution < 1.29 is 18.8 Å². The normalized spacial score (nSPS) is 18.9. The van der Waals surface area contributed by atoms with Gasteiger partial charge >= 0.3 is 6.03 Å². The topological polar surface area (TPSA) is 69.7 Å². The standard InChI is InChI=1S/C16H17ClFN3O3/c17-12-2-1-3-13(18)11(12)8-14(22)20-6-4-10(5-7-20)21-15(23)9-19-16(21)24/h1-3,10H,4-9H2,(H,19,24). The van der Waals surface area contributed by atoms with Gasteiger partial charge in [-0.3, -0.25) is 14.5 Å². The van der Waals surface area contributed by atoms with Crippen molar-refractivity contribution in [1.29, 1.82) is 0 Å². The molecule has 0 unspecified atom stereocenters. The predicted molar refractivity (Wildman–Crippen MR) is 85.0 cm³/mol. The number of imide groups is 1. The quantitative estimate of drug-likeness (QED) is 0.838. The molecule has 0 atom stereocenters. The molecule has 2 aliphatic heterocycles. The van der Waals surface area contributed by atoms with E-state index in [1.165, 1.54) is 17.0 Å². The summed E-state index contributed by atoms with van der Waals surface area (Å²) in [5.74, 6) is -0.939. The van der Waals surface area contributed by atoms with Crippen LogP contribution in [0.3, 0.4) is 0 Å². The van der Waals surface area contributed by atoms with Gasteiger partial charge in [-0.25, -0.2) is 9.18 Å². The molecule has 0 aromatic heterocycles. The zero-order valence-electron chi connectivity index (χ0n) is 12.9. The van der Waals surface area contributed by atoms with E-state index in [1.54, 1.807) is 11.0 Å². The van der Waals surface area contributed by atoms with Crippen molar-refractivity contribution in [3.8, 4) is 0 Å². The number of carbonyl (C=O) groups excluding carboxylic acids is 3. The third-order valence-electron chi connectivity index (χ3n) is 4.45. The van der Waals surface area contributed by atoms with E-state index in [-0.39, 0.29) is 47.4 Å². The van der Waals surface area contributed by atoms with Crippen LogP contribution in [-0.2, 0) is 16.0 Å². The van der Waals surface area contributed by atoms with Gasteiger partial charge in [0, 0.05) is 29.7 Å². The second-order valence-electron chi connectivity index (χ2n) is 5.91. The summed E-state index contributed by atoms with van der Waals surface area (Å²) in [5, 5.41) is 2.73. The molecule has 2 saturated heterocycles. The second-order valence-corrected chi connectivity index (χ2v) is 6.32. The summed E-state index contributed by atoms with van der Waals surface area (Å²) in [6.45, 7) is 0.878. The molecule has 24 heavy (non-hydrogen) atoms. The number of piperidine rings is 1. The summed E-state index contributed by atoms with van der Waals surface area (Å²) in [6, 6.07) is 3.76. The van der Waals surface area contributed by atoms with E-state index >= 15 is 0 Å². The Kier molecular flexibility index (Phi) is 4.71. The molecule has 1 aromatic rings. The number of nitrogens with one attached hydrogen (secondary N) is 1. The monoisotopic (exact) mass is 353 g/mol. The Bertz CT molecular complexity index is 653. The lowest BCUT2D eigenvalue weighted by Crippen LogP contribution is -2.49. The zero-order valence-corrected chi connectivity index (χ0v) is 13.7. The van der Waals surface area contributed by atoms with Gasteiger partial charge in [-0.15, -0.1) is 0 Å². The first-order chi connectivity index (χ1) is 11.5. The first-order valence-electron chi connectivity index (χ1n) is 7.78. The van der Waals surface area contributed by atoms with Crippen LogP contribution < -0.4 is 5.32 Å². The van der Waals surface area contributed by atoms with Gasteiger partial charge in [-0.05, 0) is 25.0 Å². The fourth-order valence-electron chi connectivity index (χ4n) is 3.14. The SMILES string of the molecule is O=C(Cc1c(F)cccc1Cl)N1CCC(N2C(=O)CNC2=O)CC1. The highest BCUT2D eigenvalue weighted by molar-refractivity contribution is 6.31. The Morgan fingerprint density at radius 3 is 2.58 bits per heavy atom. The molecule has 0 saturated carbocycles. The maximum atomic E-state index is 13.8. The largest absolute Gasteiger partial charge is 0.342 e. The van der Waals surface area contributed by atoms with Gasteiger partial charge in [0.1, 0.15) is 5.82 Å². The fraction of sp³-hybridized carbons (Fsp3) is 0.438. The van der Waals surface area contributed by atoms with E-state index in [0.717, 1.165) is 0 Å². The van der Waals surface area contributed by atoms with Crippen LogP contribution in [0.4, 0.5) is 9.18 Å². The summed E-state index contributed by atoms with van der Waals surface area (Å²) >= 11 is 5.95. The van der Waals surface area contributed by atoms with Crippen LogP contribution in [0, 0.1) is 5.82 Å². The lowest BCUT2D eigenvalue weighted by molar-refractivity contribution is -0.132. The molecule has 0 radical (unpaired) electrons. The van der Waals surface area contributed by atoms with Crippen LogP contribution in [-0.4, -0.2) is 53.3 Å². The number of amides is 4. The molecule has 2 aliphatic rings. The minimum atomic E-state index is -0.495. The Morgan fingerprint density at radius 2 is 2.00 bits per heavy atom. The van der Waals surface area contributed by atoms with Gasteiger partial charge < -0.3 is 10.2 Å². The van der Waals surface area contributed by atoms with Gasteiger partial charge in [0.15, 0.2) is 0 Å². The van der Waals surface area contributed by atoms with E-state index in [9.17, 15) is 18.8 Å². The van der Waals surface area contributed by atoms with Gasteiger partial charge in [0.25, 0.3) is 0 Å². The van der Waals surface area contributed by atoms with Crippen molar-refractivity contribution >= 4 is 29.4 Å². The van der Waals surface area contributed by atoms with Crippen molar-refractivity contribution in [2.45, 2.75) is 25.3 Å². The van der Waals surface area contributed by atoms with E-state index in [0.29, 0.717) is 25.9 Å². The Labute approximate surface area is 143 Å². The lowest BCUT2D eigenvalue weighted by Gasteiger charge is -2.35. The maximum Gasteiger partial charge on any atom is 0.324 e. The van der Waals surface area contributed by atoms with Crippen LogP contribution in [0.25, 0.3) is 0 Å². The number of likely N-dealkylation sites (tertiary alicyclic amines) is 1. The number of benzene rings is 1. The molecule has 3 rings (SSSR count). The number of hydrogen-bond acceptors (Lipinski definition) is 3. The summed E-state index contributed by atoms with van der Waals surface area (Å²) in [6.07, 6.45) is 0.950. The molecule has 0 bridgehead atoms. The highest BCUT2D eigenvalue weighted by Gasteiger charge is 2.37. The van der Waals surface area contributed by atoms with Crippen LogP contribution >= 0.6 is 11.6 Å². The van der Waals surface area contributed by atoms with Crippen molar-refractivity contribution in [1.82, 2.24) is 15.1 Å². The molecule has 4 amide bonds. The number of nitrogens with zero attached hydrogens (tertiary/aromatic N) is 2. The van der Waals surface area contributed by atoms with Crippen LogP contribution in [0.1, 0.15) is 18.4 Å². The van der Waals surface area contributed by atoms with Gasteiger partial charge in [0.2, 0.25) is 11.8 Å². The molecule has 0 aliphatic carbocycles. The average Bonchev–Trinajstić information content (AvgIpc) is 2.90. The summed E-state index contributed by atoms with van der Waals surface area (Å²) in [7, 11) is 0. The summed E-state index contributed by atoms with van der Waals surface area (Å²) in [4.78, 5) is 38.6. The fourth-order valence-corrected chi connectivity index (χ4v) is 3.37. The number of carbonyl (C=O) groups is 3. The first kappa shape index (κ1) is 16.7. The molecule has 1 N–H and O–H groups in total. The number of urea groups is 1. The van der Waals surface area contributed by atoms with Crippen molar-refractivity contribution in [2.75, 3.05) is 19.6 Å². The van der Waals surface area contributed by atoms with Crippen molar-refractivity contribution in [2.24, 2.45) is 0 Å². The van der Waals surface area contributed by atoms with E-state index in [1.807, 2.05) is 0 Å². The molecule has 6 nitrogen and oxygen atoms in total. The van der Waals surface area contributed by atoms with E-state index in [2.05, 4.69) is 5.32 Å². The van der Waals surface area contributed by atoms with E-state index < -0.39 is 5.82 Å². The molecular formula is C16H17ClFN3O3. The predicted octanol–water partition coefficient (Wildman–Crippen LogP) is 1.56. The number of halogens is 2. The minimum absolute atomic E-state index is 0.0315. The molecule has 2 heterocycles. The first-order valence-corrected chi connectivity index (χ1v) is 8.15. The highest BCUT2D eigenvalue weighted by Crippen LogP contribution is 2.23. The van der Waals surface area contributed by atoms with Gasteiger partial charge in [-0.1, -0.05) is 17.7 Å². The lowest BCUT2D eigenvalue weighted by atomic mass is 10.0. The van der Waals surface area contributed by atoms with Crippen LogP contribution in [0.5, 0.6) is 0 Å². The van der Waals surface area contributed by atoms with Crippen LogP contribution in [0.2, 0.25) is 5.02 Å². The molecular weight excluding hydrogens is 337 g/mol. The van der Waals surface area contributed by atoms with Gasteiger partial charge in [0.05, 0.1) is 13.0 Å². The molecule has 1 aromatic carbocycles. The number of hydrogen-bond donors (Lipinski definition) is 1. The maximum absolute atomic E-state index is 13.8. The molecule has 2 fully saturated rings. The summed E-state index contributed by atoms with van der Waals surface area (Å²) in [5.41, 5.74) is 0.195. The second kappa shape index (κ2) is 6.76. The highest BCUT2D eigenvalue weighted by atomic mass is 35.5. The minimum Gasteiger partial charge on any atom is -0.342 e. The number of rotatable bonds is 3. The molecule has 0 spiro atoms. The smallest absolute Gasteiger partial charge is 0.324 e. The Balaban J connectivity index is 1.59. The average molecular weight is 354 g/mol. The van der Waals surface area contributed by atoms with Crippen LogP contribution in [0.15, 0.2) is 18.2 Å².